The fourth-order valence-electron chi connectivity index (χ4n) is 1.47. The summed E-state index contributed by atoms with van der Waals surface area (Å²) in [4.78, 5) is 32.6. The van der Waals surface area contributed by atoms with E-state index in [0.717, 1.165) is 11.3 Å². The van der Waals surface area contributed by atoms with E-state index in [0.29, 0.717) is 5.69 Å². The molecule has 2 aromatic rings. The maximum Gasteiger partial charge on any atom is 0.335 e. The molecule has 2 N–H and O–H groups in total. The maximum absolute atomic E-state index is 11.9. The molecule has 1 amide bonds. The van der Waals surface area contributed by atoms with Crippen LogP contribution in [0.1, 0.15) is 20.7 Å². The Morgan fingerprint density at radius 1 is 1.25 bits per heavy atom. The summed E-state index contributed by atoms with van der Waals surface area (Å²) in [6, 6.07) is 6.90. The zero-order chi connectivity index (χ0) is 14.7. The Morgan fingerprint density at radius 3 is 2.60 bits per heavy atom. The first-order valence-corrected chi connectivity index (χ1v) is 6.23. The highest BCUT2D eigenvalue weighted by Crippen LogP contribution is 2.23. The minimum atomic E-state index is -1.10. The summed E-state index contributed by atoms with van der Waals surface area (Å²) in [5.74, 6) is -1.64. The van der Waals surface area contributed by atoms with Crippen molar-refractivity contribution in [1.82, 2.24) is 0 Å². The number of anilines is 1. The number of carbonyl (C=O) groups excluding carboxylic acids is 1. The SMILES string of the molecule is O=C(O)c1cccc(NC(=O)c2csc([N+](=O)[O-])c2)c1. The number of nitrogens with one attached hydrogen (secondary N) is 1. The van der Waals surface area contributed by atoms with Crippen molar-refractivity contribution in [3.05, 3.63) is 57.0 Å². The molecule has 8 heteroatoms. The number of thiophene rings is 1. The number of rotatable bonds is 4. The topological polar surface area (TPSA) is 110 Å². The van der Waals surface area contributed by atoms with Crippen LogP contribution >= 0.6 is 11.3 Å². The number of benzene rings is 1. The Bertz CT molecular complexity index is 695. The first-order valence-electron chi connectivity index (χ1n) is 5.35. The number of hydrogen-bond acceptors (Lipinski definition) is 5. The van der Waals surface area contributed by atoms with Crippen molar-refractivity contribution < 1.29 is 19.6 Å². The van der Waals surface area contributed by atoms with E-state index in [1.807, 2.05) is 0 Å². The van der Waals surface area contributed by atoms with E-state index in [4.69, 9.17) is 5.11 Å². The number of carbonyl (C=O) groups is 2. The molecule has 102 valence electrons. The zero-order valence-corrected chi connectivity index (χ0v) is 10.7. The lowest BCUT2D eigenvalue weighted by atomic mass is 10.2. The number of carboxylic acid groups (broad SMARTS) is 1. The third kappa shape index (κ3) is 2.98. The molecule has 0 spiro atoms. The van der Waals surface area contributed by atoms with Gasteiger partial charge in [0.1, 0.15) is 0 Å². The highest BCUT2D eigenvalue weighted by Gasteiger charge is 2.15. The average molecular weight is 292 g/mol. The van der Waals surface area contributed by atoms with Crippen molar-refractivity contribution in [2.75, 3.05) is 5.32 Å². The third-order valence-corrected chi connectivity index (χ3v) is 3.28. The molecule has 0 fully saturated rings. The molecule has 7 nitrogen and oxygen atoms in total. The van der Waals surface area contributed by atoms with Gasteiger partial charge in [-0.1, -0.05) is 17.4 Å². The van der Waals surface area contributed by atoms with Gasteiger partial charge < -0.3 is 10.4 Å². The minimum absolute atomic E-state index is 0.0408. The molecule has 0 aliphatic carbocycles. The van der Waals surface area contributed by atoms with Gasteiger partial charge in [0.15, 0.2) is 0 Å². The van der Waals surface area contributed by atoms with Crippen LogP contribution in [0.15, 0.2) is 35.7 Å². The van der Waals surface area contributed by atoms with E-state index in [1.54, 1.807) is 0 Å². The van der Waals surface area contributed by atoms with E-state index in [-0.39, 0.29) is 16.1 Å². The molecular weight excluding hydrogens is 284 g/mol. The normalized spacial score (nSPS) is 10.0. The van der Waals surface area contributed by atoms with Crippen molar-refractivity contribution in [3.63, 3.8) is 0 Å². The molecule has 0 unspecified atom stereocenters. The molecule has 0 aliphatic rings. The van der Waals surface area contributed by atoms with Crippen LogP contribution in [0.4, 0.5) is 10.7 Å². The van der Waals surface area contributed by atoms with Crippen LogP contribution < -0.4 is 5.32 Å². The summed E-state index contributed by atoms with van der Waals surface area (Å²) in [7, 11) is 0. The fourth-order valence-corrected chi connectivity index (χ4v) is 2.18. The number of nitro groups is 1. The highest BCUT2D eigenvalue weighted by atomic mass is 32.1. The van der Waals surface area contributed by atoms with Gasteiger partial charge in [0, 0.05) is 17.1 Å². The lowest BCUT2D eigenvalue weighted by Crippen LogP contribution is -2.11. The van der Waals surface area contributed by atoms with E-state index in [1.165, 1.54) is 35.7 Å². The minimum Gasteiger partial charge on any atom is -0.478 e. The average Bonchev–Trinajstić information content (AvgIpc) is 2.88. The summed E-state index contributed by atoms with van der Waals surface area (Å²) in [6.07, 6.45) is 0. The molecule has 1 aromatic carbocycles. The van der Waals surface area contributed by atoms with Crippen LogP contribution in [0.2, 0.25) is 0 Å². The first kappa shape index (κ1) is 13.7. The number of nitrogens with zero attached hydrogens (tertiary/aromatic N) is 1. The van der Waals surface area contributed by atoms with Crippen molar-refractivity contribution in [3.8, 4) is 0 Å². The van der Waals surface area contributed by atoms with Gasteiger partial charge in [-0.25, -0.2) is 4.79 Å². The van der Waals surface area contributed by atoms with Gasteiger partial charge in [-0.05, 0) is 18.2 Å². The molecule has 0 saturated carbocycles. The predicted molar refractivity (Wildman–Crippen MR) is 72.3 cm³/mol. The van der Waals surface area contributed by atoms with Crippen LogP contribution in [-0.4, -0.2) is 21.9 Å². The number of amides is 1. The van der Waals surface area contributed by atoms with E-state index < -0.39 is 16.8 Å². The summed E-state index contributed by atoms with van der Waals surface area (Å²) in [6.45, 7) is 0. The van der Waals surface area contributed by atoms with Gasteiger partial charge in [-0.2, -0.15) is 0 Å². The second-order valence-electron chi connectivity index (χ2n) is 3.77. The fraction of sp³-hybridized carbons (Fsp3) is 0. The second kappa shape index (κ2) is 5.49. The number of hydrogen-bond donors (Lipinski definition) is 2. The Labute approximate surface area is 116 Å². The number of aromatic carboxylic acids is 1. The van der Waals surface area contributed by atoms with Gasteiger partial charge in [0.2, 0.25) is 0 Å². The monoisotopic (exact) mass is 292 g/mol. The first-order chi connectivity index (χ1) is 9.47. The molecule has 0 atom stereocenters. The van der Waals surface area contributed by atoms with Gasteiger partial charge in [0.05, 0.1) is 16.1 Å². The second-order valence-corrected chi connectivity index (χ2v) is 4.66. The number of carboxylic acids is 1. The molecule has 20 heavy (non-hydrogen) atoms. The van der Waals surface area contributed by atoms with Gasteiger partial charge in [-0.3, -0.25) is 14.9 Å². The Kier molecular flexibility index (Phi) is 3.76. The largest absolute Gasteiger partial charge is 0.478 e. The Balaban J connectivity index is 2.16. The summed E-state index contributed by atoms with van der Waals surface area (Å²) >= 11 is 0.851. The smallest absolute Gasteiger partial charge is 0.335 e. The lowest BCUT2D eigenvalue weighted by Gasteiger charge is -2.04. The van der Waals surface area contributed by atoms with Crippen LogP contribution in [0.25, 0.3) is 0 Å². The zero-order valence-electron chi connectivity index (χ0n) is 9.90. The Morgan fingerprint density at radius 2 is 2.00 bits per heavy atom. The molecule has 0 aliphatic heterocycles. The Hall–Kier alpha value is -2.74. The molecule has 2 rings (SSSR count). The van der Waals surface area contributed by atoms with Gasteiger partial charge >= 0.3 is 11.0 Å². The summed E-state index contributed by atoms with van der Waals surface area (Å²) < 4.78 is 0. The van der Waals surface area contributed by atoms with Crippen molar-refractivity contribution in [2.24, 2.45) is 0 Å². The van der Waals surface area contributed by atoms with Crippen molar-refractivity contribution in [2.45, 2.75) is 0 Å². The van der Waals surface area contributed by atoms with Crippen LogP contribution in [0.3, 0.4) is 0 Å². The molecule has 0 saturated heterocycles. The van der Waals surface area contributed by atoms with Gasteiger partial charge in [0.25, 0.3) is 5.91 Å². The van der Waals surface area contributed by atoms with Crippen molar-refractivity contribution in [1.29, 1.82) is 0 Å². The predicted octanol–water partition coefficient (Wildman–Crippen LogP) is 2.61. The van der Waals surface area contributed by atoms with Crippen LogP contribution in [-0.2, 0) is 0 Å². The maximum atomic E-state index is 11.9. The highest BCUT2D eigenvalue weighted by molar-refractivity contribution is 7.13. The summed E-state index contributed by atoms with van der Waals surface area (Å²) in [5.41, 5.74) is 0.505. The standard InChI is InChI=1S/C12H8N2O5S/c15-11(8-5-10(14(18)19)20-6-8)13-9-3-1-2-7(4-9)12(16)17/h1-6H,(H,13,15)(H,16,17). The van der Waals surface area contributed by atoms with Gasteiger partial charge in [-0.15, -0.1) is 0 Å². The quantitative estimate of drug-likeness (QED) is 0.665. The van der Waals surface area contributed by atoms with E-state index in [2.05, 4.69) is 5.32 Å². The molecule has 0 bridgehead atoms. The molecule has 1 heterocycles. The lowest BCUT2D eigenvalue weighted by molar-refractivity contribution is -0.380. The molecular formula is C12H8N2O5S. The third-order valence-electron chi connectivity index (χ3n) is 2.40. The van der Waals surface area contributed by atoms with E-state index >= 15 is 0 Å². The van der Waals surface area contributed by atoms with Crippen LogP contribution in [0.5, 0.6) is 0 Å². The summed E-state index contributed by atoms with van der Waals surface area (Å²) in [5, 5.41) is 23.1. The van der Waals surface area contributed by atoms with E-state index in [9.17, 15) is 19.7 Å². The van der Waals surface area contributed by atoms with Crippen molar-refractivity contribution >= 4 is 33.9 Å². The van der Waals surface area contributed by atoms with Crippen LogP contribution in [0, 0.1) is 10.1 Å². The molecule has 1 aromatic heterocycles. The molecule has 0 radical (unpaired) electrons.